The highest BCUT2D eigenvalue weighted by Crippen LogP contribution is 2.16. The molecule has 0 aliphatic carbocycles. The van der Waals surface area contributed by atoms with Gasteiger partial charge < -0.3 is 15.4 Å². The molecule has 1 saturated heterocycles. The van der Waals surface area contributed by atoms with Gasteiger partial charge in [0, 0.05) is 13.1 Å². The van der Waals surface area contributed by atoms with Crippen molar-refractivity contribution in [3.63, 3.8) is 0 Å². The van der Waals surface area contributed by atoms with Crippen molar-refractivity contribution in [2.24, 2.45) is 11.8 Å². The molecule has 2 atom stereocenters. The number of carbonyl (C=O) groups is 1. The van der Waals surface area contributed by atoms with Crippen molar-refractivity contribution in [3.05, 3.63) is 29.8 Å². The van der Waals surface area contributed by atoms with Gasteiger partial charge in [-0.05, 0) is 36.6 Å². The second-order valence-corrected chi connectivity index (χ2v) is 5.31. The number of alkyl halides is 2. The van der Waals surface area contributed by atoms with Crippen LogP contribution in [-0.4, -0.2) is 32.2 Å². The van der Waals surface area contributed by atoms with Gasteiger partial charge in [-0.1, -0.05) is 19.1 Å². The maximum atomic E-state index is 12.0. The summed E-state index contributed by atoms with van der Waals surface area (Å²) < 4.78 is 28.3. The van der Waals surface area contributed by atoms with E-state index in [0.717, 1.165) is 18.7 Å². The Morgan fingerprint density at radius 3 is 2.67 bits per heavy atom. The number of nitrogens with one attached hydrogen (secondary N) is 2. The highest BCUT2D eigenvalue weighted by atomic mass is 19.3. The molecule has 2 N–H and O–H groups in total. The Hall–Kier alpha value is -1.69. The van der Waals surface area contributed by atoms with Crippen molar-refractivity contribution in [3.8, 4) is 5.75 Å². The van der Waals surface area contributed by atoms with Crippen LogP contribution in [0.5, 0.6) is 5.75 Å². The second-order valence-electron chi connectivity index (χ2n) is 5.31. The number of carbonyl (C=O) groups excluding carboxylic acids is 1. The normalized spacial score (nSPS) is 21.5. The van der Waals surface area contributed by atoms with Gasteiger partial charge >= 0.3 is 6.61 Å². The van der Waals surface area contributed by atoms with E-state index in [1.165, 1.54) is 12.1 Å². The Morgan fingerprint density at radius 2 is 2.10 bits per heavy atom. The van der Waals surface area contributed by atoms with Gasteiger partial charge in [-0.25, -0.2) is 0 Å². The maximum Gasteiger partial charge on any atom is 0.387 e. The molecular formula is C15H20F2N2O2. The molecule has 1 amide bonds. The fourth-order valence-electron chi connectivity index (χ4n) is 2.46. The zero-order valence-corrected chi connectivity index (χ0v) is 11.9. The summed E-state index contributed by atoms with van der Waals surface area (Å²) >= 11 is 0. The van der Waals surface area contributed by atoms with Gasteiger partial charge in [0.2, 0.25) is 5.91 Å². The molecule has 1 aliphatic heterocycles. The first kappa shape index (κ1) is 15.7. The fourth-order valence-corrected chi connectivity index (χ4v) is 2.46. The smallest absolute Gasteiger partial charge is 0.387 e. The van der Waals surface area contributed by atoms with Gasteiger partial charge in [-0.2, -0.15) is 8.78 Å². The third-order valence-electron chi connectivity index (χ3n) is 3.72. The van der Waals surface area contributed by atoms with Gasteiger partial charge in [0.25, 0.3) is 0 Å². The molecular weight excluding hydrogens is 278 g/mol. The zero-order chi connectivity index (χ0) is 15.2. The van der Waals surface area contributed by atoms with E-state index in [4.69, 9.17) is 0 Å². The number of benzene rings is 1. The van der Waals surface area contributed by atoms with Crippen LogP contribution < -0.4 is 15.4 Å². The minimum Gasteiger partial charge on any atom is -0.435 e. The van der Waals surface area contributed by atoms with Crippen LogP contribution >= 0.6 is 0 Å². The molecule has 21 heavy (non-hydrogen) atoms. The molecule has 2 rings (SSSR count). The summed E-state index contributed by atoms with van der Waals surface area (Å²) in [6.07, 6.45) is 0.662. The van der Waals surface area contributed by atoms with Crippen LogP contribution in [0.2, 0.25) is 0 Å². The van der Waals surface area contributed by atoms with Gasteiger partial charge in [0.05, 0.1) is 5.92 Å². The molecule has 6 heteroatoms. The highest BCUT2D eigenvalue weighted by molar-refractivity contribution is 5.79. The van der Waals surface area contributed by atoms with Gasteiger partial charge in [-0.15, -0.1) is 0 Å². The Morgan fingerprint density at radius 1 is 1.38 bits per heavy atom. The van der Waals surface area contributed by atoms with Crippen LogP contribution in [0.15, 0.2) is 24.3 Å². The lowest BCUT2D eigenvalue weighted by Gasteiger charge is -2.14. The molecule has 0 aromatic heterocycles. The van der Waals surface area contributed by atoms with Crippen molar-refractivity contribution >= 4 is 5.91 Å². The summed E-state index contributed by atoms with van der Waals surface area (Å²) in [5.74, 6) is 0.608. The number of hydrogen-bond acceptors (Lipinski definition) is 3. The lowest BCUT2D eigenvalue weighted by atomic mass is 9.97. The molecule has 1 fully saturated rings. The lowest BCUT2D eigenvalue weighted by Crippen LogP contribution is -2.35. The van der Waals surface area contributed by atoms with Gasteiger partial charge in [0.15, 0.2) is 0 Å². The molecule has 116 valence electrons. The zero-order valence-electron chi connectivity index (χ0n) is 11.9. The van der Waals surface area contributed by atoms with E-state index < -0.39 is 6.61 Å². The predicted molar refractivity (Wildman–Crippen MR) is 75.3 cm³/mol. The topological polar surface area (TPSA) is 50.4 Å². The summed E-state index contributed by atoms with van der Waals surface area (Å²) in [6, 6.07) is 6.46. The summed E-state index contributed by atoms with van der Waals surface area (Å²) in [5, 5.41) is 6.12. The van der Waals surface area contributed by atoms with Crippen molar-refractivity contribution in [2.75, 3.05) is 19.6 Å². The average Bonchev–Trinajstić information content (AvgIpc) is 2.86. The van der Waals surface area contributed by atoms with E-state index in [2.05, 4.69) is 22.3 Å². The standard InChI is InChI=1S/C15H20F2N2O2/c1-10-8-18-9-13(10)14(20)19-7-6-11-2-4-12(5-3-11)21-15(16)17/h2-5,10,13,15,18H,6-9H2,1H3,(H,19,20). The first-order chi connectivity index (χ1) is 10.1. The van der Waals surface area contributed by atoms with Crippen LogP contribution in [0.1, 0.15) is 12.5 Å². The Balaban J connectivity index is 1.74. The molecule has 1 aliphatic rings. The molecule has 1 heterocycles. The van der Waals surface area contributed by atoms with Crippen LogP contribution in [0.25, 0.3) is 0 Å². The average molecular weight is 298 g/mol. The number of ether oxygens (including phenoxy) is 1. The van der Waals surface area contributed by atoms with E-state index in [9.17, 15) is 13.6 Å². The van der Waals surface area contributed by atoms with Gasteiger partial charge in [-0.3, -0.25) is 4.79 Å². The quantitative estimate of drug-likeness (QED) is 0.842. The fraction of sp³-hybridized carbons (Fsp3) is 0.533. The minimum absolute atomic E-state index is 0.0341. The maximum absolute atomic E-state index is 12.0. The lowest BCUT2D eigenvalue weighted by molar-refractivity contribution is -0.125. The first-order valence-electron chi connectivity index (χ1n) is 7.08. The molecule has 1 aromatic carbocycles. The Kier molecular flexibility index (Phi) is 5.50. The van der Waals surface area contributed by atoms with Crippen molar-refractivity contribution in [2.45, 2.75) is 20.0 Å². The third-order valence-corrected chi connectivity index (χ3v) is 3.72. The molecule has 2 unspecified atom stereocenters. The van der Waals surface area contributed by atoms with Crippen LogP contribution in [0, 0.1) is 11.8 Å². The van der Waals surface area contributed by atoms with Crippen LogP contribution in [0.4, 0.5) is 8.78 Å². The molecule has 1 aromatic rings. The van der Waals surface area contributed by atoms with E-state index >= 15 is 0 Å². The monoisotopic (exact) mass is 298 g/mol. The van der Waals surface area contributed by atoms with Crippen molar-refractivity contribution in [1.29, 1.82) is 0 Å². The largest absolute Gasteiger partial charge is 0.435 e. The van der Waals surface area contributed by atoms with Crippen LogP contribution in [0.3, 0.4) is 0 Å². The number of amides is 1. The summed E-state index contributed by atoms with van der Waals surface area (Å²) in [5.41, 5.74) is 0.967. The number of hydrogen-bond donors (Lipinski definition) is 2. The Labute approximate surface area is 122 Å². The minimum atomic E-state index is -2.81. The van der Waals surface area contributed by atoms with E-state index in [0.29, 0.717) is 18.9 Å². The summed E-state index contributed by atoms with van der Waals surface area (Å²) in [4.78, 5) is 12.0. The van der Waals surface area contributed by atoms with Crippen LogP contribution in [-0.2, 0) is 11.2 Å². The Bertz CT molecular complexity index is 465. The van der Waals surface area contributed by atoms with E-state index in [1.54, 1.807) is 12.1 Å². The first-order valence-corrected chi connectivity index (χ1v) is 7.08. The van der Waals surface area contributed by atoms with Crippen molar-refractivity contribution in [1.82, 2.24) is 10.6 Å². The molecule has 0 spiro atoms. The molecule has 0 bridgehead atoms. The van der Waals surface area contributed by atoms with E-state index in [1.807, 2.05) is 0 Å². The number of halogens is 2. The van der Waals surface area contributed by atoms with E-state index in [-0.39, 0.29) is 17.6 Å². The summed E-state index contributed by atoms with van der Waals surface area (Å²) in [7, 11) is 0. The highest BCUT2D eigenvalue weighted by Gasteiger charge is 2.28. The molecule has 0 radical (unpaired) electrons. The third kappa shape index (κ3) is 4.67. The predicted octanol–water partition coefficient (Wildman–Crippen LogP) is 1.80. The SMILES string of the molecule is CC1CNCC1C(=O)NCCc1ccc(OC(F)F)cc1. The number of rotatable bonds is 6. The summed E-state index contributed by atoms with van der Waals surface area (Å²) in [6.45, 7) is 1.40. The molecule has 4 nitrogen and oxygen atoms in total. The van der Waals surface area contributed by atoms with Crippen molar-refractivity contribution < 1.29 is 18.3 Å². The van der Waals surface area contributed by atoms with Gasteiger partial charge in [0.1, 0.15) is 5.75 Å². The second kappa shape index (κ2) is 7.36. The molecule has 0 saturated carbocycles.